The van der Waals surface area contributed by atoms with E-state index in [9.17, 15) is 13.9 Å². The third-order valence-electron chi connectivity index (χ3n) is 2.63. The molecule has 90 valence electrons. The van der Waals surface area contributed by atoms with Gasteiger partial charge in [0.15, 0.2) is 0 Å². The SMILES string of the molecule is Cc1cc(C(O)c2cc(F)ccc2F)c(C)s1. The van der Waals surface area contributed by atoms with E-state index in [-0.39, 0.29) is 5.56 Å². The van der Waals surface area contributed by atoms with E-state index in [1.165, 1.54) is 11.3 Å². The van der Waals surface area contributed by atoms with Gasteiger partial charge in [0.05, 0.1) is 0 Å². The second kappa shape index (κ2) is 4.55. The van der Waals surface area contributed by atoms with Crippen molar-refractivity contribution in [2.75, 3.05) is 0 Å². The lowest BCUT2D eigenvalue weighted by Gasteiger charge is -2.11. The zero-order valence-electron chi connectivity index (χ0n) is 9.50. The van der Waals surface area contributed by atoms with Gasteiger partial charge in [0.1, 0.15) is 17.7 Å². The Morgan fingerprint density at radius 1 is 1.12 bits per heavy atom. The molecule has 17 heavy (non-hydrogen) atoms. The smallest absolute Gasteiger partial charge is 0.129 e. The Labute approximate surface area is 102 Å². The maximum Gasteiger partial charge on any atom is 0.129 e. The molecule has 0 aliphatic heterocycles. The van der Waals surface area contributed by atoms with Gasteiger partial charge in [-0.25, -0.2) is 8.78 Å². The van der Waals surface area contributed by atoms with Crippen LogP contribution in [0.4, 0.5) is 8.78 Å². The average molecular weight is 254 g/mol. The van der Waals surface area contributed by atoms with Gasteiger partial charge in [-0.05, 0) is 43.7 Å². The van der Waals surface area contributed by atoms with Crippen LogP contribution in [0.15, 0.2) is 24.3 Å². The Morgan fingerprint density at radius 2 is 1.82 bits per heavy atom. The summed E-state index contributed by atoms with van der Waals surface area (Å²) >= 11 is 1.53. The molecule has 0 saturated heterocycles. The lowest BCUT2D eigenvalue weighted by Crippen LogP contribution is -2.03. The number of aliphatic hydroxyl groups is 1. The third-order valence-corrected chi connectivity index (χ3v) is 3.61. The number of benzene rings is 1. The number of aliphatic hydroxyl groups excluding tert-OH is 1. The predicted molar refractivity (Wildman–Crippen MR) is 64.2 cm³/mol. The van der Waals surface area contributed by atoms with E-state index in [1.54, 1.807) is 6.07 Å². The van der Waals surface area contributed by atoms with Crippen molar-refractivity contribution in [3.05, 3.63) is 56.8 Å². The predicted octanol–water partition coefficient (Wildman–Crippen LogP) is 3.72. The molecule has 1 aromatic heterocycles. The molecule has 1 aromatic carbocycles. The molecule has 2 aromatic rings. The first-order chi connectivity index (χ1) is 7.99. The van der Waals surface area contributed by atoms with Crippen LogP contribution < -0.4 is 0 Å². The third kappa shape index (κ3) is 2.37. The molecule has 1 heterocycles. The summed E-state index contributed by atoms with van der Waals surface area (Å²) in [5.41, 5.74) is 0.614. The van der Waals surface area contributed by atoms with Gasteiger partial charge in [-0.15, -0.1) is 11.3 Å². The number of halogens is 2. The van der Waals surface area contributed by atoms with Crippen LogP contribution in [0.5, 0.6) is 0 Å². The Morgan fingerprint density at radius 3 is 2.41 bits per heavy atom. The summed E-state index contributed by atoms with van der Waals surface area (Å²) in [7, 11) is 0. The molecule has 4 heteroatoms. The maximum absolute atomic E-state index is 13.5. The van der Waals surface area contributed by atoms with E-state index in [0.29, 0.717) is 5.56 Å². The van der Waals surface area contributed by atoms with Crippen molar-refractivity contribution in [3.8, 4) is 0 Å². The molecule has 0 saturated carbocycles. The van der Waals surface area contributed by atoms with Gasteiger partial charge >= 0.3 is 0 Å². The van der Waals surface area contributed by atoms with Crippen LogP contribution in [0.25, 0.3) is 0 Å². The van der Waals surface area contributed by atoms with Crippen molar-refractivity contribution in [2.45, 2.75) is 20.0 Å². The minimum absolute atomic E-state index is 0.0223. The molecule has 0 amide bonds. The molecule has 0 bridgehead atoms. The molecule has 0 spiro atoms. The molecule has 2 rings (SSSR count). The van der Waals surface area contributed by atoms with Crippen LogP contribution in [-0.2, 0) is 0 Å². The van der Waals surface area contributed by atoms with Crippen LogP contribution in [0.1, 0.15) is 27.0 Å². The molecule has 0 aliphatic carbocycles. The first kappa shape index (κ1) is 12.2. The first-order valence-electron chi connectivity index (χ1n) is 5.19. The van der Waals surface area contributed by atoms with Crippen LogP contribution in [0.2, 0.25) is 0 Å². The number of thiophene rings is 1. The van der Waals surface area contributed by atoms with Crippen LogP contribution >= 0.6 is 11.3 Å². The first-order valence-corrected chi connectivity index (χ1v) is 6.00. The van der Waals surface area contributed by atoms with Gasteiger partial charge in [0, 0.05) is 15.3 Å². The highest BCUT2D eigenvalue weighted by molar-refractivity contribution is 7.12. The van der Waals surface area contributed by atoms with E-state index in [2.05, 4.69) is 0 Å². The minimum Gasteiger partial charge on any atom is -0.384 e. The molecule has 0 radical (unpaired) electrons. The summed E-state index contributed by atoms with van der Waals surface area (Å²) in [6, 6.07) is 4.90. The summed E-state index contributed by atoms with van der Waals surface area (Å²) in [6.45, 7) is 3.77. The van der Waals surface area contributed by atoms with Crippen molar-refractivity contribution in [1.82, 2.24) is 0 Å². The van der Waals surface area contributed by atoms with Gasteiger partial charge in [0.25, 0.3) is 0 Å². The average Bonchev–Trinajstić information content (AvgIpc) is 2.60. The largest absolute Gasteiger partial charge is 0.384 e. The quantitative estimate of drug-likeness (QED) is 0.866. The molecule has 0 aliphatic rings. The Kier molecular flexibility index (Phi) is 3.26. The van der Waals surface area contributed by atoms with Crippen molar-refractivity contribution >= 4 is 11.3 Å². The zero-order chi connectivity index (χ0) is 12.6. The van der Waals surface area contributed by atoms with Crippen molar-refractivity contribution in [3.63, 3.8) is 0 Å². The molecular weight excluding hydrogens is 242 g/mol. The fraction of sp³-hybridized carbons (Fsp3) is 0.231. The van der Waals surface area contributed by atoms with Gasteiger partial charge in [-0.2, -0.15) is 0 Å². The number of rotatable bonds is 2. The summed E-state index contributed by atoms with van der Waals surface area (Å²) < 4.78 is 26.6. The molecule has 1 unspecified atom stereocenters. The maximum atomic E-state index is 13.5. The van der Waals surface area contributed by atoms with Crippen LogP contribution in [0, 0.1) is 25.5 Å². The molecular formula is C13H12F2OS. The summed E-state index contributed by atoms with van der Waals surface area (Å²) in [4.78, 5) is 1.95. The Balaban J connectivity index is 2.46. The van der Waals surface area contributed by atoms with E-state index in [0.717, 1.165) is 28.0 Å². The molecule has 0 fully saturated rings. The highest BCUT2D eigenvalue weighted by Crippen LogP contribution is 2.31. The second-order valence-electron chi connectivity index (χ2n) is 3.94. The number of aryl methyl sites for hydroxylation is 2. The van der Waals surface area contributed by atoms with Gasteiger partial charge in [-0.3, -0.25) is 0 Å². The lowest BCUT2D eigenvalue weighted by atomic mass is 10.0. The van der Waals surface area contributed by atoms with E-state index in [1.807, 2.05) is 13.8 Å². The molecule has 1 N–H and O–H groups in total. The molecule has 1 nitrogen and oxygen atoms in total. The standard InChI is InChI=1S/C13H12F2OS/c1-7-5-10(8(2)17-7)13(16)11-6-9(14)3-4-12(11)15/h3-6,13,16H,1-2H3. The van der Waals surface area contributed by atoms with Crippen molar-refractivity contribution in [1.29, 1.82) is 0 Å². The highest BCUT2D eigenvalue weighted by Gasteiger charge is 2.19. The molecule has 1 atom stereocenters. The second-order valence-corrected chi connectivity index (χ2v) is 5.40. The topological polar surface area (TPSA) is 20.2 Å². The Bertz CT molecular complexity index is 548. The summed E-state index contributed by atoms with van der Waals surface area (Å²) in [5.74, 6) is -1.15. The lowest BCUT2D eigenvalue weighted by molar-refractivity contribution is 0.214. The number of hydrogen-bond donors (Lipinski definition) is 1. The summed E-state index contributed by atoms with van der Waals surface area (Å²) in [5, 5.41) is 10.1. The fourth-order valence-corrected chi connectivity index (χ4v) is 2.77. The van der Waals surface area contributed by atoms with Crippen LogP contribution in [-0.4, -0.2) is 5.11 Å². The van der Waals surface area contributed by atoms with E-state index >= 15 is 0 Å². The van der Waals surface area contributed by atoms with Gasteiger partial charge < -0.3 is 5.11 Å². The normalized spacial score (nSPS) is 12.8. The highest BCUT2D eigenvalue weighted by atomic mass is 32.1. The van der Waals surface area contributed by atoms with Gasteiger partial charge in [0.2, 0.25) is 0 Å². The zero-order valence-corrected chi connectivity index (χ0v) is 10.3. The summed E-state index contributed by atoms with van der Waals surface area (Å²) in [6.07, 6.45) is -1.12. The monoisotopic (exact) mass is 254 g/mol. The van der Waals surface area contributed by atoms with Crippen molar-refractivity contribution in [2.24, 2.45) is 0 Å². The van der Waals surface area contributed by atoms with Gasteiger partial charge in [-0.1, -0.05) is 0 Å². The number of hydrogen-bond acceptors (Lipinski definition) is 2. The minimum atomic E-state index is -1.12. The van der Waals surface area contributed by atoms with E-state index in [4.69, 9.17) is 0 Å². The van der Waals surface area contributed by atoms with Crippen molar-refractivity contribution < 1.29 is 13.9 Å². The van der Waals surface area contributed by atoms with Crippen LogP contribution in [0.3, 0.4) is 0 Å². The Hall–Kier alpha value is -1.26. The van der Waals surface area contributed by atoms with E-state index < -0.39 is 17.7 Å². The fourth-order valence-electron chi connectivity index (χ4n) is 1.81.